The van der Waals surface area contributed by atoms with E-state index in [1.807, 2.05) is 30.3 Å². The van der Waals surface area contributed by atoms with E-state index in [0.717, 1.165) is 11.1 Å². The van der Waals surface area contributed by atoms with Crippen LogP contribution in [-0.2, 0) is 31.4 Å². The second-order valence-electron chi connectivity index (χ2n) is 9.37. The van der Waals surface area contributed by atoms with Gasteiger partial charge in [0.25, 0.3) is 5.91 Å². The minimum Gasteiger partial charge on any atom is -1.00 e. The third-order valence-electron chi connectivity index (χ3n) is 6.81. The zero-order chi connectivity index (χ0) is 27.5. The van der Waals surface area contributed by atoms with Gasteiger partial charge in [-0.2, -0.15) is 0 Å². The normalized spacial score (nSPS) is 21.1. The van der Waals surface area contributed by atoms with Crippen molar-refractivity contribution in [3.05, 3.63) is 88.1 Å². The van der Waals surface area contributed by atoms with Crippen molar-refractivity contribution in [1.29, 1.82) is 0 Å². The van der Waals surface area contributed by atoms with Crippen LogP contribution in [0.5, 0.6) is 5.75 Å². The van der Waals surface area contributed by atoms with Gasteiger partial charge in [-0.15, -0.1) is 23.5 Å². The minimum atomic E-state index is -1.26. The summed E-state index contributed by atoms with van der Waals surface area (Å²) in [5, 5.41) is 24.9. The number of β-lactam (4-membered cyclic amide) rings is 1. The number of rotatable bonds is 9. The Bertz CT molecular complexity index is 1390. The molecular formula is C28H28N3NaO6S2. The molecule has 3 amide bonds. The summed E-state index contributed by atoms with van der Waals surface area (Å²) in [6, 6.07) is 15.5. The maximum absolute atomic E-state index is 13.2. The van der Waals surface area contributed by atoms with Gasteiger partial charge in [0, 0.05) is 23.6 Å². The number of amides is 3. The van der Waals surface area contributed by atoms with Crippen molar-refractivity contribution in [3.63, 3.8) is 0 Å². The molecule has 0 aliphatic carbocycles. The Morgan fingerprint density at radius 1 is 1.10 bits per heavy atom. The van der Waals surface area contributed by atoms with Crippen LogP contribution in [0.1, 0.15) is 19.0 Å². The summed E-state index contributed by atoms with van der Waals surface area (Å²) in [7, 11) is 0. The monoisotopic (exact) mass is 589 g/mol. The summed E-state index contributed by atoms with van der Waals surface area (Å²) in [5.41, 5.74) is 3.27. The molecule has 204 valence electrons. The topological polar surface area (TPSA) is 136 Å². The van der Waals surface area contributed by atoms with Gasteiger partial charge in [0.2, 0.25) is 11.8 Å². The molecule has 3 aliphatic heterocycles. The molecule has 3 heterocycles. The Kier molecular flexibility index (Phi) is 10.1. The molecule has 40 heavy (non-hydrogen) atoms. The number of carboxylic acid groups (broad SMARTS) is 1. The van der Waals surface area contributed by atoms with Crippen LogP contribution in [0.2, 0.25) is 0 Å². The van der Waals surface area contributed by atoms with E-state index in [-0.39, 0.29) is 72.2 Å². The average Bonchev–Trinajstić information content (AvgIpc) is 3.36. The summed E-state index contributed by atoms with van der Waals surface area (Å²) in [6.07, 6.45) is 0.727. The van der Waals surface area contributed by atoms with Crippen molar-refractivity contribution in [2.24, 2.45) is 0 Å². The first-order chi connectivity index (χ1) is 18.8. The van der Waals surface area contributed by atoms with E-state index in [9.17, 15) is 29.4 Å². The number of nitrogens with zero attached hydrogens (tertiary/aromatic N) is 1. The first kappa shape index (κ1) is 30.3. The molecule has 2 aromatic carbocycles. The number of hydrogen-bond donors (Lipinski definition) is 4. The number of thioether (sulfide) groups is 2. The van der Waals surface area contributed by atoms with Gasteiger partial charge < -0.3 is 22.3 Å². The third kappa shape index (κ3) is 6.44. The van der Waals surface area contributed by atoms with Crippen LogP contribution >= 0.6 is 23.5 Å². The molecule has 5 rings (SSSR count). The fourth-order valence-corrected chi connectivity index (χ4v) is 7.11. The summed E-state index contributed by atoms with van der Waals surface area (Å²) in [4.78, 5) is 52.1. The van der Waals surface area contributed by atoms with Crippen LogP contribution in [0.3, 0.4) is 0 Å². The number of phenolic OH excluding ortho intramolecular Hbond substituents is 1. The largest absolute Gasteiger partial charge is 1.00 e. The number of fused-ring (bicyclic) bond motifs is 1. The predicted octanol–water partition coefficient (Wildman–Crippen LogP) is -0.460. The molecule has 0 unspecified atom stereocenters. The van der Waals surface area contributed by atoms with Crippen molar-refractivity contribution in [1.82, 2.24) is 15.5 Å². The standard InChI is InChI=1S/C28H27N3O6S2.Na.H/c32-18-8-6-16(7-9-18)12-20(19-10-11-29-25(19)34)21-14-39-27-23(26(35)31(27)24(21)28(36)37)30-22(33)15-38-13-17-4-2-1-3-5-17;;/h1-9,23,27,32H,10-15H2,(H,29,34)(H,30,33)(H,36,37);;/q;+1;-1/t23-,27-;;/m1../s1. The average molecular weight is 590 g/mol. The fraction of sp³-hybridized carbons (Fsp3) is 0.286. The van der Waals surface area contributed by atoms with Gasteiger partial charge in [-0.1, -0.05) is 42.5 Å². The molecular weight excluding hydrogens is 561 g/mol. The van der Waals surface area contributed by atoms with Crippen LogP contribution in [0.25, 0.3) is 0 Å². The van der Waals surface area contributed by atoms with E-state index in [1.165, 1.54) is 40.6 Å². The molecule has 3 aliphatic rings. The first-order valence-corrected chi connectivity index (χ1v) is 14.6. The van der Waals surface area contributed by atoms with E-state index in [4.69, 9.17) is 0 Å². The molecule has 0 radical (unpaired) electrons. The number of benzene rings is 2. The number of aromatic hydroxyl groups is 1. The number of carbonyl (C=O) groups is 4. The van der Waals surface area contributed by atoms with Crippen molar-refractivity contribution in [3.8, 4) is 5.75 Å². The van der Waals surface area contributed by atoms with Gasteiger partial charge in [-0.05, 0) is 47.2 Å². The quantitative estimate of drug-likeness (QED) is 0.175. The molecule has 9 nitrogen and oxygen atoms in total. The van der Waals surface area contributed by atoms with E-state index in [2.05, 4.69) is 10.6 Å². The number of hydrogen-bond acceptors (Lipinski definition) is 7. The molecule has 2 aromatic rings. The second-order valence-corrected chi connectivity index (χ2v) is 11.5. The SMILES string of the molecule is O=C(CSCc1ccccc1)N[C@@H]1C(=O)N2C(C(=O)O)=C(C(Cc3ccc(O)cc3)=C3CCNC3=O)CS[C@H]12.[H-].[Na+]. The molecule has 0 saturated carbocycles. The second kappa shape index (κ2) is 13.3. The number of carboxylic acids is 1. The van der Waals surface area contributed by atoms with E-state index < -0.39 is 23.3 Å². The zero-order valence-electron chi connectivity index (χ0n) is 22.9. The summed E-state index contributed by atoms with van der Waals surface area (Å²) in [6.45, 7) is 0.456. The number of aliphatic carboxylic acids is 1. The molecule has 0 spiro atoms. The Morgan fingerprint density at radius 2 is 1.82 bits per heavy atom. The van der Waals surface area contributed by atoms with E-state index in [1.54, 1.807) is 12.1 Å². The van der Waals surface area contributed by atoms with Crippen LogP contribution < -0.4 is 40.2 Å². The Labute approximate surface area is 263 Å². The zero-order valence-corrected chi connectivity index (χ0v) is 25.5. The Morgan fingerprint density at radius 3 is 2.48 bits per heavy atom. The van der Waals surface area contributed by atoms with Gasteiger partial charge in [-0.3, -0.25) is 19.3 Å². The van der Waals surface area contributed by atoms with Crippen molar-refractivity contribution in [2.45, 2.75) is 30.0 Å². The molecule has 2 fully saturated rings. The van der Waals surface area contributed by atoms with Gasteiger partial charge in [-0.25, -0.2) is 4.79 Å². The molecule has 0 bridgehead atoms. The third-order valence-corrected chi connectivity index (χ3v) is 9.10. The van der Waals surface area contributed by atoms with Crippen LogP contribution in [-0.4, -0.2) is 68.3 Å². The maximum atomic E-state index is 13.2. The number of phenols is 1. The Hall–Kier alpha value is -2.70. The summed E-state index contributed by atoms with van der Waals surface area (Å²) >= 11 is 2.82. The number of allylic oxidation sites excluding steroid dienone is 1. The smallest absolute Gasteiger partial charge is 1.00 e. The molecule has 2 atom stereocenters. The van der Waals surface area contributed by atoms with Gasteiger partial charge >= 0.3 is 35.5 Å². The van der Waals surface area contributed by atoms with Crippen molar-refractivity contribution >= 4 is 47.2 Å². The molecule has 2 saturated heterocycles. The maximum Gasteiger partial charge on any atom is 1.00 e. The van der Waals surface area contributed by atoms with Crippen LogP contribution in [0, 0.1) is 0 Å². The number of carbonyl (C=O) groups excluding carboxylic acids is 3. The molecule has 4 N–H and O–H groups in total. The summed E-state index contributed by atoms with van der Waals surface area (Å²) < 4.78 is 0. The summed E-state index contributed by atoms with van der Waals surface area (Å²) in [5.74, 6) is -1.04. The van der Waals surface area contributed by atoms with Crippen LogP contribution in [0.15, 0.2) is 77.0 Å². The number of nitrogens with one attached hydrogen (secondary N) is 2. The Balaban J connectivity index is 0.00000231. The van der Waals surface area contributed by atoms with Crippen molar-refractivity contribution in [2.75, 3.05) is 18.1 Å². The first-order valence-electron chi connectivity index (χ1n) is 12.4. The van der Waals surface area contributed by atoms with Crippen molar-refractivity contribution < 1.29 is 60.4 Å². The van der Waals surface area contributed by atoms with Gasteiger partial charge in [0.05, 0.1) is 5.75 Å². The van der Waals surface area contributed by atoms with Gasteiger partial charge in [0.15, 0.2) is 0 Å². The molecule has 12 heteroatoms. The van der Waals surface area contributed by atoms with Gasteiger partial charge in [0.1, 0.15) is 22.9 Å². The van der Waals surface area contributed by atoms with E-state index >= 15 is 0 Å². The fourth-order valence-electron chi connectivity index (χ4n) is 4.92. The van der Waals surface area contributed by atoms with Crippen LogP contribution in [0.4, 0.5) is 0 Å². The molecule has 0 aromatic heterocycles. The minimum absolute atomic E-state index is 0. The van der Waals surface area contributed by atoms with E-state index in [0.29, 0.717) is 35.4 Å². The predicted molar refractivity (Wildman–Crippen MR) is 150 cm³/mol.